The van der Waals surface area contributed by atoms with E-state index >= 15 is 0 Å². The van der Waals surface area contributed by atoms with Gasteiger partial charge in [0.25, 0.3) is 0 Å². The third kappa shape index (κ3) is 4.42. The number of aryl methyl sites for hydroxylation is 3. The Hall–Kier alpha value is -1.64. The van der Waals surface area contributed by atoms with Crippen molar-refractivity contribution in [3.05, 3.63) is 70.3 Å². The molecule has 2 aromatic rings. The maximum atomic E-state index is 9.59. The molecule has 0 aromatic heterocycles. The SMILES string of the molecule is Cc1cc(C)c(CN[C@H](CO)Cc2ccccc2)c(C)c1. The van der Waals surface area contributed by atoms with Crippen molar-refractivity contribution in [1.29, 1.82) is 0 Å². The Balaban J connectivity index is 2.00. The lowest BCUT2D eigenvalue weighted by atomic mass is 9.99. The van der Waals surface area contributed by atoms with E-state index in [0.717, 1.165) is 13.0 Å². The van der Waals surface area contributed by atoms with Crippen molar-refractivity contribution in [1.82, 2.24) is 5.32 Å². The van der Waals surface area contributed by atoms with Crippen molar-refractivity contribution in [3.63, 3.8) is 0 Å². The van der Waals surface area contributed by atoms with Gasteiger partial charge in [-0.3, -0.25) is 0 Å². The van der Waals surface area contributed by atoms with E-state index in [1.54, 1.807) is 0 Å². The molecular weight excluding hydrogens is 258 g/mol. The van der Waals surface area contributed by atoms with Crippen molar-refractivity contribution < 1.29 is 5.11 Å². The predicted octanol–water partition coefficient (Wildman–Crippen LogP) is 3.31. The molecule has 0 saturated carbocycles. The van der Waals surface area contributed by atoms with Crippen LogP contribution >= 0.6 is 0 Å². The van der Waals surface area contributed by atoms with Crippen LogP contribution in [0.5, 0.6) is 0 Å². The minimum Gasteiger partial charge on any atom is -0.395 e. The van der Waals surface area contributed by atoms with Gasteiger partial charge in [-0.2, -0.15) is 0 Å². The van der Waals surface area contributed by atoms with Gasteiger partial charge in [0.05, 0.1) is 6.61 Å². The van der Waals surface area contributed by atoms with Gasteiger partial charge in [0.15, 0.2) is 0 Å². The molecule has 2 aromatic carbocycles. The Bertz CT molecular complexity index is 554. The van der Waals surface area contributed by atoms with Crippen LogP contribution in [0, 0.1) is 20.8 Å². The molecule has 112 valence electrons. The second-order valence-corrected chi connectivity index (χ2v) is 5.83. The highest BCUT2D eigenvalue weighted by Gasteiger charge is 2.10. The van der Waals surface area contributed by atoms with Crippen LogP contribution in [0.1, 0.15) is 27.8 Å². The van der Waals surface area contributed by atoms with Gasteiger partial charge in [0, 0.05) is 12.6 Å². The molecular formula is C19H25NO. The molecule has 0 aliphatic carbocycles. The first-order valence-corrected chi connectivity index (χ1v) is 7.55. The van der Waals surface area contributed by atoms with Gasteiger partial charge >= 0.3 is 0 Å². The molecule has 2 heteroatoms. The molecule has 2 nitrogen and oxygen atoms in total. The number of aliphatic hydroxyl groups is 1. The highest BCUT2D eigenvalue weighted by Crippen LogP contribution is 2.16. The first-order chi connectivity index (χ1) is 10.1. The molecule has 21 heavy (non-hydrogen) atoms. The Morgan fingerprint density at radius 2 is 1.62 bits per heavy atom. The number of rotatable bonds is 6. The Morgan fingerprint density at radius 3 is 2.19 bits per heavy atom. The van der Waals surface area contributed by atoms with Crippen LogP contribution in [0.2, 0.25) is 0 Å². The fourth-order valence-corrected chi connectivity index (χ4v) is 2.84. The fourth-order valence-electron chi connectivity index (χ4n) is 2.84. The second-order valence-electron chi connectivity index (χ2n) is 5.83. The van der Waals surface area contributed by atoms with Gasteiger partial charge in [0.1, 0.15) is 0 Å². The molecule has 0 aliphatic heterocycles. The van der Waals surface area contributed by atoms with Crippen LogP contribution in [-0.2, 0) is 13.0 Å². The quantitative estimate of drug-likeness (QED) is 0.852. The van der Waals surface area contributed by atoms with E-state index in [-0.39, 0.29) is 12.6 Å². The fraction of sp³-hybridized carbons (Fsp3) is 0.368. The van der Waals surface area contributed by atoms with Gasteiger partial charge in [-0.25, -0.2) is 0 Å². The number of aliphatic hydroxyl groups excluding tert-OH is 1. The zero-order valence-electron chi connectivity index (χ0n) is 13.2. The van der Waals surface area contributed by atoms with E-state index in [1.165, 1.54) is 27.8 Å². The Labute approximate surface area is 127 Å². The number of benzene rings is 2. The molecule has 0 heterocycles. The third-order valence-corrected chi connectivity index (χ3v) is 3.95. The summed E-state index contributed by atoms with van der Waals surface area (Å²) in [6.45, 7) is 7.39. The molecule has 0 fully saturated rings. The molecule has 0 saturated heterocycles. The highest BCUT2D eigenvalue weighted by atomic mass is 16.3. The summed E-state index contributed by atoms with van der Waals surface area (Å²) in [6.07, 6.45) is 0.849. The maximum Gasteiger partial charge on any atom is 0.0587 e. The van der Waals surface area contributed by atoms with Gasteiger partial charge in [0.2, 0.25) is 0 Å². The van der Waals surface area contributed by atoms with Crippen molar-refractivity contribution in [2.45, 2.75) is 39.8 Å². The van der Waals surface area contributed by atoms with Crippen LogP contribution in [-0.4, -0.2) is 17.8 Å². The van der Waals surface area contributed by atoms with E-state index in [1.807, 2.05) is 18.2 Å². The van der Waals surface area contributed by atoms with E-state index in [0.29, 0.717) is 0 Å². The summed E-state index contributed by atoms with van der Waals surface area (Å²) in [5, 5.41) is 13.1. The Kier molecular flexibility index (Phi) is 5.54. The molecule has 0 bridgehead atoms. The average molecular weight is 283 g/mol. The summed E-state index contributed by atoms with van der Waals surface area (Å²) in [7, 11) is 0. The first-order valence-electron chi connectivity index (χ1n) is 7.55. The summed E-state index contributed by atoms with van der Waals surface area (Å²) in [6, 6.07) is 14.8. The van der Waals surface area contributed by atoms with Crippen molar-refractivity contribution in [2.75, 3.05) is 6.61 Å². The molecule has 0 spiro atoms. The average Bonchev–Trinajstić information content (AvgIpc) is 2.46. The largest absolute Gasteiger partial charge is 0.395 e. The number of hydrogen-bond acceptors (Lipinski definition) is 2. The number of hydrogen-bond donors (Lipinski definition) is 2. The van der Waals surface area contributed by atoms with Crippen molar-refractivity contribution >= 4 is 0 Å². The molecule has 0 aliphatic rings. The lowest BCUT2D eigenvalue weighted by molar-refractivity contribution is 0.240. The normalized spacial score (nSPS) is 12.4. The van der Waals surface area contributed by atoms with Crippen LogP contribution in [0.3, 0.4) is 0 Å². The van der Waals surface area contributed by atoms with Crippen LogP contribution in [0.15, 0.2) is 42.5 Å². The smallest absolute Gasteiger partial charge is 0.0587 e. The summed E-state index contributed by atoms with van der Waals surface area (Å²) < 4.78 is 0. The molecule has 0 unspecified atom stereocenters. The molecule has 1 atom stereocenters. The predicted molar refractivity (Wildman–Crippen MR) is 88.5 cm³/mol. The summed E-state index contributed by atoms with van der Waals surface area (Å²) in [5.74, 6) is 0. The molecule has 2 N–H and O–H groups in total. The summed E-state index contributed by atoms with van der Waals surface area (Å²) in [4.78, 5) is 0. The zero-order valence-corrected chi connectivity index (χ0v) is 13.2. The van der Waals surface area contributed by atoms with Crippen LogP contribution < -0.4 is 5.32 Å². The molecule has 2 rings (SSSR count). The molecule has 0 radical (unpaired) electrons. The maximum absolute atomic E-state index is 9.59. The third-order valence-electron chi connectivity index (χ3n) is 3.95. The van der Waals surface area contributed by atoms with E-state index in [9.17, 15) is 5.11 Å². The van der Waals surface area contributed by atoms with Crippen LogP contribution in [0.4, 0.5) is 0 Å². The Morgan fingerprint density at radius 1 is 1.00 bits per heavy atom. The number of nitrogens with one attached hydrogen (secondary N) is 1. The van der Waals surface area contributed by atoms with Crippen LogP contribution in [0.25, 0.3) is 0 Å². The van der Waals surface area contributed by atoms with Gasteiger partial charge in [-0.05, 0) is 49.4 Å². The van der Waals surface area contributed by atoms with E-state index < -0.39 is 0 Å². The first kappa shape index (κ1) is 15.7. The van der Waals surface area contributed by atoms with E-state index in [2.05, 4.69) is 50.4 Å². The summed E-state index contributed by atoms with van der Waals surface area (Å²) >= 11 is 0. The van der Waals surface area contributed by atoms with E-state index in [4.69, 9.17) is 0 Å². The monoisotopic (exact) mass is 283 g/mol. The topological polar surface area (TPSA) is 32.3 Å². The van der Waals surface area contributed by atoms with Gasteiger partial charge in [-0.15, -0.1) is 0 Å². The van der Waals surface area contributed by atoms with Gasteiger partial charge in [-0.1, -0.05) is 48.0 Å². The van der Waals surface area contributed by atoms with Crippen molar-refractivity contribution in [2.24, 2.45) is 0 Å². The summed E-state index contributed by atoms with van der Waals surface area (Å²) in [5.41, 5.74) is 6.53. The highest BCUT2D eigenvalue weighted by molar-refractivity contribution is 5.37. The second kappa shape index (κ2) is 7.39. The lowest BCUT2D eigenvalue weighted by Gasteiger charge is -2.19. The zero-order chi connectivity index (χ0) is 15.2. The minimum atomic E-state index is 0.0903. The standard InChI is InChI=1S/C19H25NO/c1-14-9-15(2)19(16(3)10-14)12-20-18(13-21)11-17-7-5-4-6-8-17/h4-10,18,20-21H,11-13H2,1-3H3/t18-/m0/s1. The lowest BCUT2D eigenvalue weighted by Crippen LogP contribution is -2.34. The minimum absolute atomic E-state index is 0.0903. The van der Waals surface area contributed by atoms with Gasteiger partial charge < -0.3 is 10.4 Å². The molecule has 0 amide bonds. The van der Waals surface area contributed by atoms with Crippen molar-refractivity contribution in [3.8, 4) is 0 Å².